The summed E-state index contributed by atoms with van der Waals surface area (Å²) in [5.74, 6) is -0.225. The van der Waals surface area contributed by atoms with Crippen molar-refractivity contribution in [2.45, 2.75) is 19.0 Å². The summed E-state index contributed by atoms with van der Waals surface area (Å²) in [6.07, 6.45) is 2.65. The van der Waals surface area contributed by atoms with Crippen LogP contribution < -0.4 is 0 Å². The third-order valence-corrected chi connectivity index (χ3v) is 4.53. The van der Waals surface area contributed by atoms with Crippen molar-refractivity contribution in [3.05, 3.63) is 64.4 Å². The van der Waals surface area contributed by atoms with Crippen molar-refractivity contribution >= 4 is 11.5 Å². The van der Waals surface area contributed by atoms with Crippen LogP contribution in [0.2, 0.25) is 0 Å². The smallest absolute Gasteiger partial charge is 0.123 e. The van der Waals surface area contributed by atoms with Crippen LogP contribution in [0.1, 0.15) is 28.7 Å². The van der Waals surface area contributed by atoms with Gasteiger partial charge in [-0.05, 0) is 29.2 Å². The number of nitrogens with one attached hydrogen (secondary N) is 1. The molecule has 1 aromatic carbocycles. The molecular formula is C15H14FN5S. The second-order valence-corrected chi connectivity index (χ2v) is 5.95. The van der Waals surface area contributed by atoms with Crippen LogP contribution in [-0.2, 0) is 13.0 Å². The highest BCUT2D eigenvalue weighted by Crippen LogP contribution is 2.34. The maximum Gasteiger partial charge on any atom is 0.123 e. The standard InChI is InChI=1S/C15H14FN5S/c16-11-3-1-10(2-4-11)15-14-13(17-9-18-14)5-6-21(15)7-12-8-22-20-19-12/h1-4,8-9,15H,5-7H2,(H,17,18)/t15-/m0/s1. The first kappa shape index (κ1) is 13.5. The van der Waals surface area contributed by atoms with Gasteiger partial charge in [-0.1, -0.05) is 16.6 Å². The average Bonchev–Trinajstić information content (AvgIpc) is 3.19. The largest absolute Gasteiger partial charge is 0.348 e. The number of H-pyrrole nitrogens is 1. The fourth-order valence-corrected chi connectivity index (χ4v) is 3.41. The van der Waals surface area contributed by atoms with Crippen molar-refractivity contribution in [3.8, 4) is 0 Å². The van der Waals surface area contributed by atoms with Gasteiger partial charge in [0.25, 0.3) is 0 Å². The molecule has 0 fully saturated rings. The predicted octanol–water partition coefficient (Wildman–Crippen LogP) is 2.55. The summed E-state index contributed by atoms with van der Waals surface area (Å²) in [5.41, 5.74) is 4.16. The van der Waals surface area contributed by atoms with Crippen LogP contribution in [-0.4, -0.2) is 31.0 Å². The van der Waals surface area contributed by atoms with E-state index in [9.17, 15) is 4.39 Å². The number of hydrogen-bond acceptors (Lipinski definition) is 5. The van der Waals surface area contributed by atoms with Gasteiger partial charge in [-0.25, -0.2) is 9.37 Å². The van der Waals surface area contributed by atoms with Crippen molar-refractivity contribution in [3.63, 3.8) is 0 Å². The minimum atomic E-state index is -0.225. The van der Waals surface area contributed by atoms with Crippen LogP contribution in [0.15, 0.2) is 36.0 Å². The zero-order valence-electron chi connectivity index (χ0n) is 11.7. The summed E-state index contributed by atoms with van der Waals surface area (Å²) >= 11 is 1.36. The molecule has 22 heavy (non-hydrogen) atoms. The molecule has 4 rings (SSSR count). The minimum Gasteiger partial charge on any atom is -0.348 e. The van der Waals surface area contributed by atoms with Crippen LogP contribution in [0.5, 0.6) is 0 Å². The number of fused-ring (bicyclic) bond motifs is 1. The molecule has 0 radical (unpaired) electrons. The Balaban J connectivity index is 1.72. The van der Waals surface area contributed by atoms with E-state index in [2.05, 4.69) is 24.5 Å². The third kappa shape index (κ3) is 2.42. The first-order valence-corrected chi connectivity index (χ1v) is 7.92. The monoisotopic (exact) mass is 315 g/mol. The van der Waals surface area contributed by atoms with Crippen molar-refractivity contribution in [1.29, 1.82) is 0 Å². The molecule has 1 atom stereocenters. The molecule has 5 nitrogen and oxygen atoms in total. The molecule has 3 aromatic rings. The molecule has 112 valence electrons. The number of halogens is 1. The molecule has 0 aliphatic carbocycles. The van der Waals surface area contributed by atoms with Crippen LogP contribution in [0.4, 0.5) is 4.39 Å². The molecule has 1 aliphatic heterocycles. The van der Waals surface area contributed by atoms with Gasteiger partial charge >= 0.3 is 0 Å². The van der Waals surface area contributed by atoms with Gasteiger partial charge in [0.15, 0.2) is 0 Å². The summed E-state index contributed by atoms with van der Waals surface area (Å²) in [7, 11) is 0. The van der Waals surface area contributed by atoms with Crippen molar-refractivity contribution < 1.29 is 4.39 Å². The Morgan fingerprint density at radius 2 is 2.18 bits per heavy atom. The molecule has 0 bridgehead atoms. The van der Waals surface area contributed by atoms with E-state index in [1.807, 2.05) is 17.5 Å². The number of hydrogen-bond donors (Lipinski definition) is 1. The minimum absolute atomic E-state index is 0.0114. The average molecular weight is 315 g/mol. The summed E-state index contributed by atoms with van der Waals surface area (Å²) in [6.45, 7) is 1.61. The summed E-state index contributed by atoms with van der Waals surface area (Å²) in [6, 6.07) is 6.67. The molecule has 0 saturated carbocycles. The number of benzene rings is 1. The Morgan fingerprint density at radius 3 is 2.95 bits per heavy atom. The zero-order chi connectivity index (χ0) is 14.9. The van der Waals surface area contributed by atoms with E-state index in [0.29, 0.717) is 6.54 Å². The quantitative estimate of drug-likeness (QED) is 0.807. The highest BCUT2D eigenvalue weighted by atomic mass is 32.1. The Bertz CT molecular complexity index is 753. The van der Waals surface area contributed by atoms with Gasteiger partial charge in [0.05, 0.1) is 23.8 Å². The number of aromatic amines is 1. The van der Waals surface area contributed by atoms with E-state index in [1.54, 1.807) is 6.33 Å². The lowest BCUT2D eigenvalue weighted by Gasteiger charge is -2.34. The second-order valence-electron chi connectivity index (χ2n) is 5.34. The topological polar surface area (TPSA) is 57.7 Å². The molecule has 1 N–H and O–H groups in total. The summed E-state index contributed by atoms with van der Waals surface area (Å²) in [4.78, 5) is 10.0. The van der Waals surface area contributed by atoms with Crippen LogP contribution in [0.3, 0.4) is 0 Å². The van der Waals surface area contributed by atoms with Crippen LogP contribution in [0, 0.1) is 5.82 Å². The Hall–Kier alpha value is -2.12. The molecule has 3 heterocycles. The zero-order valence-corrected chi connectivity index (χ0v) is 12.6. The highest BCUT2D eigenvalue weighted by molar-refractivity contribution is 7.03. The number of aromatic nitrogens is 4. The van der Waals surface area contributed by atoms with Crippen LogP contribution in [0.25, 0.3) is 0 Å². The van der Waals surface area contributed by atoms with Gasteiger partial charge in [0.1, 0.15) is 5.82 Å². The van der Waals surface area contributed by atoms with Gasteiger partial charge in [-0.3, -0.25) is 4.90 Å². The normalized spacial score (nSPS) is 18.3. The van der Waals surface area contributed by atoms with Crippen molar-refractivity contribution in [1.82, 2.24) is 24.5 Å². The Kier molecular flexibility index (Phi) is 3.44. The van der Waals surface area contributed by atoms with E-state index in [-0.39, 0.29) is 11.9 Å². The maximum absolute atomic E-state index is 13.2. The lowest BCUT2D eigenvalue weighted by molar-refractivity contribution is 0.198. The lowest BCUT2D eigenvalue weighted by Crippen LogP contribution is -2.36. The third-order valence-electron chi connectivity index (χ3n) is 3.98. The fraction of sp³-hybridized carbons (Fsp3) is 0.267. The molecule has 0 saturated heterocycles. The van der Waals surface area contributed by atoms with E-state index >= 15 is 0 Å². The van der Waals surface area contributed by atoms with Crippen LogP contribution >= 0.6 is 11.5 Å². The summed E-state index contributed by atoms with van der Waals surface area (Å²) in [5, 5.41) is 6.09. The second kappa shape index (κ2) is 5.58. The van der Waals surface area contributed by atoms with Gasteiger partial charge in [0, 0.05) is 30.6 Å². The Labute approximate surface area is 131 Å². The van der Waals surface area contributed by atoms with Crippen molar-refractivity contribution in [2.24, 2.45) is 0 Å². The maximum atomic E-state index is 13.2. The predicted molar refractivity (Wildman–Crippen MR) is 80.9 cm³/mol. The molecule has 1 aliphatic rings. The molecule has 0 amide bonds. The van der Waals surface area contributed by atoms with Gasteiger partial charge < -0.3 is 4.98 Å². The van der Waals surface area contributed by atoms with E-state index in [0.717, 1.165) is 35.6 Å². The number of rotatable bonds is 3. The lowest BCUT2D eigenvalue weighted by atomic mass is 9.95. The number of imidazole rings is 1. The fourth-order valence-electron chi connectivity index (χ4n) is 2.97. The Morgan fingerprint density at radius 1 is 1.32 bits per heavy atom. The van der Waals surface area contributed by atoms with Gasteiger partial charge in [-0.2, -0.15) is 0 Å². The van der Waals surface area contributed by atoms with E-state index < -0.39 is 0 Å². The highest BCUT2D eigenvalue weighted by Gasteiger charge is 2.31. The molecule has 0 unspecified atom stereocenters. The first-order chi connectivity index (χ1) is 10.8. The van der Waals surface area contributed by atoms with E-state index in [4.69, 9.17) is 0 Å². The molecular weight excluding hydrogens is 301 g/mol. The SMILES string of the molecule is Fc1ccc([C@H]2c3nc[nH]c3CCN2Cc2csnn2)cc1. The van der Waals surface area contributed by atoms with Crippen molar-refractivity contribution in [2.75, 3.05) is 6.54 Å². The van der Waals surface area contributed by atoms with E-state index in [1.165, 1.54) is 23.7 Å². The van der Waals surface area contributed by atoms with Gasteiger partial charge in [0.2, 0.25) is 0 Å². The molecule has 0 spiro atoms. The molecule has 7 heteroatoms. The van der Waals surface area contributed by atoms with Gasteiger partial charge in [-0.15, -0.1) is 5.10 Å². The molecule has 2 aromatic heterocycles. The number of nitrogens with zero attached hydrogens (tertiary/aromatic N) is 4. The first-order valence-electron chi connectivity index (χ1n) is 7.09. The summed E-state index contributed by atoms with van der Waals surface area (Å²) < 4.78 is 17.2.